The van der Waals surface area contributed by atoms with Crippen molar-refractivity contribution in [3.05, 3.63) is 60.4 Å². The number of rotatable bonds is 8. The smallest absolute Gasteiger partial charge is 0.319 e. The number of carbonyl (C=O) groups is 1. The third-order valence-electron chi connectivity index (χ3n) is 4.08. The molecule has 0 bridgehead atoms. The summed E-state index contributed by atoms with van der Waals surface area (Å²) in [7, 11) is 3.02. The van der Waals surface area contributed by atoms with Crippen LogP contribution in [0, 0.1) is 5.82 Å². The first-order chi connectivity index (χ1) is 14.6. The lowest BCUT2D eigenvalue weighted by atomic mass is 10.1. The Labute approximate surface area is 173 Å². The van der Waals surface area contributed by atoms with Crippen LogP contribution in [-0.2, 0) is 0 Å². The van der Waals surface area contributed by atoms with Crippen LogP contribution in [0.4, 0.5) is 14.9 Å². The number of nitrogens with zero attached hydrogens (tertiary/aromatic N) is 2. The van der Waals surface area contributed by atoms with E-state index < -0.39 is 6.03 Å². The topological polar surface area (TPSA) is 94.6 Å². The third kappa shape index (κ3) is 5.34. The highest BCUT2D eigenvalue weighted by atomic mass is 19.1. The monoisotopic (exact) mass is 412 g/mol. The lowest BCUT2D eigenvalue weighted by Crippen LogP contribution is -2.32. The predicted octanol–water partition coefficient (Wildman–Crippen LogP) is 3.50. The lowest BCUT2D eigenvalue weighted by molar-refractivity contribution is 0.246. The normalized spacial score (nSPS) is 10.2. The fraction of sp³-hybridized carbons (Fsp3) is 0.190. The molecule has 0 unspecified atom stereocenters. The van der Waals surface area contributed by atoms with Gasteiger partial charge in [-0.3, -0.25) is 0 Å². The number of hydrogen-bond acceptors (Lipinski definition) is 6. The Balaban J connectivity index is 1.47. The lowest BCUT2D eigenvalue weighted by Gasteiger charge is -2.14. The maximum Gasteiger partial charge on any atom is 0.319 e. The van der Waals surface area contributed by atoms with Crippen LogP contribution in [0.25, 0.3) is 11.3 Å². The van der Waals surface area contributed by atoms with Crippen molar-refractivity contribution in [2.75, 3.05) is 32.7 Å². The maximum absolute atomic E-state index is 13.0. The first kappa shape index (κ1) is 20.8. The summed E-state index contributed by atoms with van der Waals surface area (Å²) >= 11 is 0. The van der Waals surface area contributed by atoms with Gasteiger partial charge in [-0.15, -0.1) is 10.2 Å². The fourth-order valence-electron chi connectivity index (χ4n) is 2.62. The molecule has 0 atom stereocenters. The highest BCUT2D eigenvalue weighted by molar-refractivity contribution is 5.92. The molecule has 3 rings (SSSR count). The van der Waals surface area contributed by atoms with Crippen molar-refractivity contribution in [3.63, 3.8) is 0 Å². The average molecular weight is 412 g/mol. The Morgan fingerprint density at radius 3 is 2.27 bits per heavy atom. The Morgan fingerprint density at radius 2 is 1.67 bits per heavy atom. The van der Waals surface area contributed by atoms with E-state index in [1.165, 1.54) is 26.4 Å². The van der Waals surface area contributed by atoms with E-state index in [1.807, 2.05) is 0 Å². The number of urea groups is 1. The molecule has 0 saturated heterocycles. The fourth-order valence-corrected chi connectivity index (χ4v) is 2.62. The van der Waals surface area contributed by atoms with E-state index in [9.17, 15) is 9.18 Å². The zero-order valence-electron chi connectivity index (χ0n) is 16.5. The first-order valence-corrected chi connectivity index (χ1v) is 9.09. The van der Waals surface area contributed by atoms with E-state index in [4.69, 9.17) is 14.2 Å². The third-order valence-corrected chi connectivity index (χ3v) is 4.08. The van der Waals surface area contributed by atoms with Crippen LogP contribution >= 0.6 is 0 Å². The van der Waals surface area contributed by atoms with Crippen molar-refractivity contribution in [2.45, 2.75) is 0 Å². The number of benzene rings is 2. The molecular formula is C21H21FN4O4. The second-order valence-electron chi connectivity index (χ2n) is 6.03. The molecule has 0 aliphatic rings. The number of para-hydroxylation sites is 1. The number of hydrogen-bond donors (Lipinski definition) is 2. The van der Waals surface area contributed by atoms with E-state index in [2.05, 4.69) is 20.8 Å². The van der Waals surface area contributed by atoms with Gasteiger partial charge in [0.25, 0.3) is 0 Å². The number of amides is 2. The Morgan fingerprint density at radius 1 is 0.967 bits per heavy atom. The van der Waals surface area contributed by atoms with Gasteiger partial charge in [0.05, 0.1) is 26.5 Å². The molecule has 0 radical (unpaired) electrons. The van der Waals surface area contributed by atoms with Gasteiger partial charge in [-0.05, 0) is 42.5 Å². The second kappa shape index (κ2) is 10.1. The standard InChI is InChI=1S/C21H21FN4O4/c1-28-17-4-3-5-18(29-2)20(17)24-21(27)23-12-13-30-19-11-10-16(25-26-19)14-6-8-15(22)9-7-14/h3-11H,12-13H2,1-2H3,(H2,23,24,27). The van der Waals surface area contributed by atoms with Gasteiger partial charge in [-0.2, -0.15) is 0 Å². The number of carbonyl (C=O) groups excluding carboxylic acids is 1. The van der Waals surface area contributed by atoms with Crippen molar-refractivity contribution >= 4 is 11.7 Å². The highest BCUT2D eigenvalue weighted by Crippen LogP contribution is 2.33. The summed E-state index contributed by atoms with van der Waals surface area (Å²) in [4.78, 5) is 12.1. The summed E-state index contributed by atoms with van der Waals surface area (Å²) in [6.45, 7) is 0.436. The summed E-state index contributed by atoms with van der Waals surface area (Å²) in [5.74, 6) is 0.969. The number of anilines is 1. The Kier molecular flexibility index (Phi) is 6.99. The molecule has 0 saturated carbocycles. The first-order valence-electron chi connectivity index (χ1n) is 9.09. The molecule has 9 heteroatoms. The quantitative estimate of drug-likeness (QED) is 0.550. The molecule has 1 heterocycles. The molecule has 0 spiro atoms. The minimum absolute atomic E-state index is 0.195. The van der Waals surface area contributed by atoms with Gasteiger partial charge < -0.3 is 24.8 Å². The zero-order valence-corrected chi connectivity index (χ0v) is 16.5. The molecule has 3 aromatic rings. The van der Waals surface area contributed by atoms with Gasteiger partial charge in [0, 0.05) is 11.6 Å². The second-order valence-corrected chi connectivity index (χ2v) is 6.03. The number of halogens is 1. The summed E-state index contributed by atoms with van der Waals surface area (Å²) in [6.07, 6.45) is 0. The van der Waals surface area contributed by atoms with E-state index in [-0.39, 0.29) is 19.0 Å². The van der Waals surface area contributed by atoms with Gasteiger partial charge in [0.1, 0.15) is 29.6 Å². The van der Waals surface area contributed by atoms with Gasteiger partial charge in [-0.1, -0.05) is 6.07 Å². The van der Waals surface area contributed by atoms with Crippen LogP contribution in [0.5, 0.6) is 17.4 Å². The van der Waals surface area contributed by atoms with Crippen LogP contribution < -0.4 is 24.8 Å². The summed E-state index contributed by atoms with van der Waals surface area (Å²) in [6, 6.07) is 14.1. The summed E-state index contributed by atoms with van der Waals surface area (Å²) in [5.41, 5.74) is 1.79. The number of ether oxygens (including phenoxy) is 3. The summed E-state index contributed by atoms with van der Waals surface area (Å²) < 4.78 is 28.9. The van der Waals surface area contributed by atoms with Gasteiger partial charge >= 0.3 is 6.03 Å². The van der Waals surface area contributed by atoms with Crippen molar-refractivity contribution in [1.82, 2.24) is 15.5 Å². The molecule has 2 amide bonds. The van der Waals surface area contributed by atoms with Gasteiger partial charge in [-0.25, -0.2) is 9.18 Å². The maximum atomic E-state index is 13.0. The molecular weight excluding hydrogens is 391 g/mol. The predicted molar refractivity (Wildman–Crippen MR) is 109 cm³/mol. The Hall–Kier alpha value is -3.88. The highest BCUT2D eigenvalue weighted by Gasteiger charge is 2.12. The largest absolute Gasteiger partial charge is 0.494 e. The van der Waals surface area contributed by atoms with E-state index in [0.717, 1.165) is 5.56 Å². The molecule has 0 aliphatic heterocycles. The van der Waals surface area contributed by atoms with Crippen molar-refractivity contribution in [2.24, 2.45) is 0 Å². The van der Waals surface area contributed by atoms with Crippen molar-refractivity contribution in [3.8, 4) is 28.6 Å². The minimum Gasteiger partial charge on any atom is -0.494 e. The number of nitrogens with one attached hydrogen (secondary N) is 2. The molecule has 0 aliphatic carbocycles. The molecule has 8 nitrogen and oxygen atoms in total. The molecule has 0 fully saturated rings. The van der Waals surface area contributed by atoms with Crippen LogP contribution in [0.15, 0.2) is 54.6 Å². The zero-order chi connectivity index (χ0) is 21.3. The molecule has 2 N–H and O–H groups in total. The van der Waals surface area contributed by atoms with E-state index in [0.29, 0.717) is 28.8 Å². The van der Waals surface area contributed by atoms with Crippen LogP contribution in [0.1, 0.15) is 0 Å². The van der Waals surface area contributed by atoms with Crippen molar-refractivity contribution < 1.29 is 23.4 Å². The number of methoxy groups -OCH3 is 2. The summed E-state index contributed by atoms with van der Waals surface area (Å²) in [5, 5.41) is 13.4. The molecule has 1 aromatic heterocycles. The van der Waals surface area contributed by atoms with Gasteiger partial charge in [0.15, 0.2) is 0 Å². The van der Waals surface area contributed by atoms with E-state index >= 15 is 0 Å². The van der Waals surface area contributed by atoms with Gasteiger partial charge in [0.2, 0.25) is 5.88 Å². The van der Waals surface area contributed by atoms with Crippen LogP contribution in [0.3, 0.4) is 0 Å². The van der Waals surface area contributed by atoms with E-state index in [1.54, 1.807) is 42.5 Å². The average Bonchev–Trinajstić information content (AvgIpc) is 2.78. The van der Waals surface area contributed by atoms with Crippen LogP contribution in [-0.4, -0.2) is 43.6 Å². The van der Waals surface area contributed by atoms with Crippen molar-refractivity contribution in [1.29, 1.82) is 0 Å². The Bertz CT molecular complexity index is 959. The molecule has 30 heavy (non-hydrogen) atoms. The molecule has 156 valence electrons. The number of aromatic nitrogens is 2. The van der Waals surface area contributed by atoms with Crippen LogP contribution in [0.2, 0.25) is 0 Å². The SMILES string of the molecule is COc1cccc(OC)c1NC(=O)NCCOc1ccc(-c2ccc(F)cc2)nn1. The molecule has 2 aromatic carbocycles. The minimum atomic E-state index is -0.431.